The van der Waals surface area contributed by atoms with E-state index in [1.54, 1.807) is 0 Å². The van der Waals surface area contributed by atoms with Crippen LogP contribution in [0.4, 0.5) is 0 Å². The number of hydrogen-bond acceptors (Lipinski definition) is 4. The first-order valence-corrected chi connectivity index (χ1v) is 7.81. The fourth-order valence-electron chi connectivity index (χ4n) is 4.92. The van der Waals surface area contributed by atoms with Gasteiger partial charge in [0.05, 0.1) is 0 Å². The molecule has 1 saturated carbocycles. The average molecular weight is 281 g/mol. The van der Waals surface area contributed by atoms with Crippen LogP contribution in [0.25, 0.3) is 0 Å². The molecule has 4 heterocycles. The van der Waals surface area contributed by atoms with Gasteiger partial charge in [-0.05, 0) is 38.0 Å². The molecular formula is C15H23NO4. The summed E-state index contributed by atoms with van der Waals surface area (Å²) in [6.45, 7) is 6.19. The number of nitrogens with one attached hydrogen (secondary N) is 1. The molecule has 1 amide bonds. The van der Waals surface area contributed by atoms with E-state index in [-0.39, 0.29) is 24.0 Å². The van der Waals surface area contributed by atoms with Crippen LogP contribution in [0.15, 0.2) is 0 Å². The van der Waals surface area contributed by atoms with Crippen molar-refractivity contribution in [3.05, 3.63) is 0 Å². The Morgan fingerprint density at radius 1 is 1.15 bits per heavy atom. The van der Waals surface area contributed by atoms with Gasteiger partial charge in [-0.1, -0.05) is 13.8 Å². The Bertz CT molecular complexity index is 455. The molecule has 0 aromatic rings. The molecule has 0 aromatic carbocycles. The lowest BCUT2D eigenvalue weighted by molar-refractivity contribution is -0.538. The molecule has 0 aromatic heterocycles. The molecule has 5 aliphatic rings. The van der Waals surface area contributed by atoms with Gasteiger partial charge in [0, 0.05) is 18.3 Å². The third-order valence-corrected chi connectivity index (χ3v) is 6.12. The lowest BCUT2D eigenvalue weighted by Gasteiger charge is -2.58. The van der Waals surface area contributed by atoms with Gasteiger partial charge < -0.3 is 10.1 Å². The van der Waals surface area contributed by atoms with Crippen molar-refractivity contribution in [2.75, 3.05) is 0 Å². The molecule has 5 fully saturated rings. The third kappa shape index (κ3) is 1.46. The van der Waals surface area contributed by atoms with Gasteiger partial charge in [-0.3, -0.25) is 4.79 Å². The Kier molecular flexibility index (Phi) is 2.58. The van der Waals surface area contributed by atoms with Crippen LogP contribution in [-0.2, 0) is 19.3 Å². The number of carbonyl (C=O) groups excluding carboxylic acids is 1. The lowest BCUT2D eigenvalue weighted by atomic mass is 9.57. The zero-order valence-corrected chi connectivity index (χ0v) is 12.3. The molecule has 112 valence electrons. The van der Waals surface area contributed by atoms with Gasteiger partial charge in [-0.2, -0.15) is 0 Å². The molecule has 0 radical (unpaired) electrons. The number of piperidine rings is 1. The van der Waals surface area contributed by atoms with Gasteiger partial charge in [-0.15, -0.1) is 0 Å². The Morgan fingerprint density at radius 2 is 1.95 bits per heavy atom. The van der Waals surface area contributed by atoms with Crippen LogP contribution in [0, 0.1) is 23.7 Å². The topological polar surface area (TPSA) is 56.8 Å². The zero-order valence-electron chi connectivity index (χ0n) is 12.3. The first-order chi connectivity index (χ1) is 9.46. The highest BCUT2D eigenvalue weighted by molar-refractivity contribution is 5.80. The van der Waals surface area contributed by atoms with Crippen LogP contribution in [0.1, 0.15) is 46.5 Å². The van der Waals surface area contributed by atoms with Crippen molar-refractivity contribution in [2.24, 2.45) is 23.7 Å². The highest BCUT2D eigenvalue weighted by Gasteiger charge is 2.68. The maximum Gasteiger partial charge on any atom is 0.225 e. The highest BCUT2D eigenvalue weighted by atomic mass is 17.3. The predicted octanol–water partition coefficient (Wildman–Crippen LogP) is 1.97. The molecular weight excluding hydrogens is 258 g/mol. The summed E-state index contributed by atoms with van der Waals surface area (Å²) in [5.41, 5.74) is -0.499. The molecule has 1 N–H and O–H groups in total. The molecule has 5 heteroatoms. The van der Waals surface area contributed by atoms with E-state index in [9.17, 15) is 4.79 Å². The standard InChI is InChI=1S/C15H23NO4/c1-8-4-5-11-9(2)12(17)16-13-15(11)10(8)6-7-14(3,18-13)19-20-15/h8-11,13H,4-7H2,1-3H3,(H,16,17)/t8-,9-,10+,11+,13-,14-,15-/m1/s1. The Morgan fingerprint density at radius 3 is 2.75 bits per heavy atom. The first-order valence-electron chi connectivity index (χ1n) is 7.81. The molecule has 5 rings (SSSR count). The van der Waals surface area contributed by atoms with Crippen LogP contribution < -0.4 is 5.32 Å². The van der Waals surface area contributed by atoms with Crippen molar-refractivity contribution >= 4 is 5.91 Å². The molecule has 7 atom stereocenters. The first kappa shape index (κ1) is 13.0. The van der Waals surface area contributed by atoms with Crippen LogP contribution >= 0.6 is 0 Å². The van der Waals surface area contributed by atoms with Crippen molar-refractivity contribution in [1.82, 2.24) is 5.32 Å². The number of hydrogen-bond donors (Lipinski definition) is 1. The predicted molar refractivity (Wildman–Crippen MR) is 70.1 cm³/mol. The molecule has 1 spiro atoms. The average Bonchev–Trinajstić information content (AvgIpc) is 2.63. The number of ether oxygens (including phenoxy) is 1. The minimum absolute atomic E-state index is 0.0455. The van der Waals surface area contributed by atoms with Crippen molar-refractivity contribution < 1.29 is 19.3 Å². The molecule has 2 bridgehead atoms. The number of fused-ring (bicyclic) bond motifs is 2. The second-order valence-corrected chi connectivity index (χ2v) is 7.26. The minimum atomic E-state index is -0.731. The van der Waals surface area contributed by atoms with E-state index >= 15 is 0 Å². The van der Waals surface area contributed by atoms with Crippen LogP contribution in [0.5, 0.6) is 0 Å². The number of rotatable bonds is 0. The summed E-state index contributed by atoms with van der Waals surface area (Å²) in [6.07, 6.45) is 3.64. The summed E-state index contributed by atoms with van der Waals surface area (Å²) >= 11 is 0. The Labute approximate surface area is 119 Å². The summed E-state index contributed by atoms with van der Waals surface area (Å²) in [5.74, 6) is 0.452. The summed E-state index contributed by atoms with van der Waals surface area (Å²) in [5, 5.41) is 3.04. The normalized spacial score (nSPS) is 57.8. The quantitative estimate of drug-likeness (QED) is 0.690. The van der Waals surface area contributed by atoms with E-state index in [4.69, 9.17) is 14.5 Å². The summed E-state index contributed by atoms with van der Waals surface area (Å²) in [6, 6.07) is 0. The Hall–Kier alpha value is -0.650. The smallest absolute Gasteiger partial charge is 0.225 e. The maximum atomic E-state index is 12.2. The monoisotopic (exact) mass is 281 g/mol. The molecule has 5 nitrogen and oxygen atoms in total. The summed E-state index contributed by atoms with van der Waals surface area (Å²) < 4.78 is 6.12. The minimum Gasteiger partial charge on any atom is -0.328 e. The number of amides is 1. The van der Waals surface area contributed by atoms with E-state index in [1.165, 1.54) is 0 Å². The second-order valence-electron chi connectivity index (χ2n) is 7.26. The molecule has 20 heavy (non-hydrogen) atoms. The van der Waals surface area contributed by atoms with E-state index in [1.807, 2.05) is 13.8 Å². The van der Waals surface area contributed by atoms with Gasteiger partial charge in [0.2, 0.25) is 11.7 Å². The van der Waals surface area contributed by atoms with Crippen molar-refractivity contribution in [2.45, 2.75) is 64.1 Å². The van der Waals surface area contributed by atoms with Crippen LogP contribution in [0.2, 0.25) is 0 Å². The van der Waals surface area contributed by atoms with Gasteiger partial charge in [0.1, 0.15) is 0 Å². The molecule has 1 aliphatic carbocycles. The van der Waals surface area contributed by atoms with Gasteiger partial charge >= 0.3 is 0 Å². The van der Waals surface area contributed by atoms with Crippen molar-refractivity contribution in [3.8, 4) is 0 Å². The Balaban J connectivity index is 1.84. The van der Waals surface area contributed by atoms with Crippen LogP contribution in [-0.4, -0.2) is 23.5 Å². The van der Waals surface area contributed by atoms with E-state index < -0.39 is 11.4 Å². The van der Waals surface area contributed by atoms with Crippen molar-refractivity contribution in [1.29, 1.82) is 0 Å². The van der Waals surface area contributed by atoms with Gasteiger partial charge in [0.25, 0.3) is 0 Å². The molecule has 0 unspecified atom stereocenters. The SMILES string of the molecule is C[C@@H]1CC[C@H]2[C@@H](C)C(=O)N[C@@H]3O[C@@]4(C)CC[C@@H]1[C@]32OO4. The maximum absolute atomic E-state index is 12.2. The fourth-order valence-corrected chi connectivity index (χ4v) is 4.92. The number of carbonyl (C=O) groups is 1. The van der Waals surface area contributed by atoms with Gasteiger partial charge in [0.15, 0.2) is 11.8 Å². The second kappa shape index (κ2) is 3.96. The van der Waals surface area contributed by atoms with E-state index in [0.717, 1.165) is 25.7 Å². The third-order valence-electron chi connectivity index (χ3n) is 6.12. The van der Waals surface area contributed by atoms with E-state index in [0.29, 0.717) is 11.8 Å². The largest absolute Gasteiger partial charge is 0.328 e. The summed E-state index contributed by atoms with van der Waals surface area (Å²) in [7, 11) is 0. The highest BCUT2D eigenvalue weighted by Crippen LogP contribution is 2.58. The van der Waals surface area contributed by atoms with E-state index in [2.05, 4.69) is 12.2 Å². The summed E-state index contributed by atoms with van der Waals surface area (Å²) in [4.78, 5) is 23.9. The van der Waals surface area contributed by atoms with Crippen molar-refractivity contribution in [3.63, 3.8) is 0 Å². The fraction of sp³-hybridized carbons (Fsp3) is 0.933. The molecule has 4 aliphatic heterocycles. The van der Waals surface area contributed by atoms with Crippen LogP contribution in [0.3, 0.4) is 0 Å². The molecule has 4 saturated heterocycles. The lowest BCUT2D eigenvalue weighted by Crippen LogP contribution is -2.74. The zero-order chi connectivity index (χ0) is 14.1. The van der Waals surface area contributed by atoms with Gasteiger partial charge in [-0.25, -0.2) is 9.78 Å².